The summed E-state index contributed by atoms with van der Waals surface area (Å²) in [5.74, 6) is 1.30. The number of aromatic amines is 1. The van der Waals surface area contributed by atoms with E-state index in [2.05, 4.69) is 36.0 Å². The second-order valence-corrected chi connectivity index (χ2v) is 7.17. The van der Waals surface area contributed by atoms with Crippen LogP contribution in [0.1, 0.15) is 0 Å². The van der Waals surface area contributed by atoms with Crippen LogP contribution >= 0.6 is 15.9 Å². The van der Waals surface area contributed by atoms with Crippen molar-refractivity contribution in [2.45, 2.75) is 0 Å². The number of fused-ring (bicyclic) bond motifs is 1. The molecule has 0 saturated carbocycles. The van der Waals surface area contributed by atoms with Gasteiger partial charge in [0.05, 0.1) is 11.0 Å². The van der Waals surface area contributed by atoms with E-state index < -0.39 is 0 Å². The number of imidazole rings is 1. The molecular formula is C21H12BrFN4O. The lowest BCUT2D eigenvalue weighted by molar-refractivity contribution is 0.432. The Morgan fingerprint density at radius 2 is 1.54 bits per heavy atom. The zero-order valence-corrected chi connectivity index (χ0v) is 15.9. The fourth-order valence-electron chi connectivity index (χ4n) is 2.94. The van der Waals surface area contributed by atoms with Crippen LogP contribution in [0.25, 0.3) is 45.3 Å². The number of hydrogen-bond donors (Lipinski definition) is 1. The van der Waals surface area contributed by atoms with Gasteiger partial charge in [0.15, 0.2) is 0 Å². The van der Waals surface area contributed by atoms with E-state index in [1.807, 2.05) is 42.5 Å². The Morgan fingerprint density at radius 1 is 0.821 bits per heavy atom. The monoisotopic (exact) mass is 434 g/mol. The predicted octanol–water partition coefficient (Wildman–Crippen LogP) is 5.85. The first-order chi connectivity index (χ1) is 13.7. The number of halogens is 2. The van der Waals surface area contributed by atoms with Crippen LogP contribution in [-0.4, -0.2) is 20.1 Å². The van der Waals surface area contributed by atoms with Crippen molar-refractivity contribution in [1.82, 2.24) is 20.1 Å². The maximum Gasteiger partial charge on any atom is 0.258 e. The third-order valence-corrected chi connectivity index (χ3v) is 4.87. The molecule has 0 amide bonds. The summed E-state index contributed by atoms with van der Waals surface area (Å²) in [7, 11) is 0. The van der Waals surface area contributed by atoms with E-state index in [-0.39, 0.29) is 5.82 Å². The van der Waals surface area contributed by atoms with E-state index in [1.54, 1.807) is 12.1 Å². The number of H-pyrrole nitrogens is 1. The highest BCUT2D eigenvalue weighted by molar-refractivity contribution is 9.10. The summed E-state index contributed by atoms with van der Waals surface area (Å²) in [6, 6.07) is 19.6. The molecule has 5 rings (SSSR count). The van der Waals surface area contributed by atoms with Crippen molar-refractivity contribution in [2.24, 2.45) is 0 Å². The molecule has 1 N–H and O–H groups in total. The minimum Gasteiger partial charge on any atom is -0.338 e. The zero-order chi connectivity index (χ0) is 19.1. The van der Waals surface area contributed by atoms with E-state index >= 15 is 0 Å². The lowest BCUT2D eigenvalue weighted by Crippen LogP contribution is -1.84. The molecule has 2 heterocycles. The van der Waals surface area contributed by atoms with E-state index in [9.17, 15) is 4.39 Å². The molecule has 0 aliphatic carbocycles. The Hall–Kier alpha value is -3.32. The standard InChI is InChI=1S/C21H12BrFN4O/c22-15-7-10-17-18(11-15)25-19(24-17)12-1-3-13(4-2-12)20-26-21(28-27-20)14-5-8-16(23)9-6-14/h1-11H,(H,24,25). The maximum atomic E-state index is 13.1. The van der Waals surface area contributed by atoms with E-state index in [4.69, 9.17) is 4.52 Å². The first-order valence-electron chi connectivity index (χ1n) is 8.51. The van der Waals surface area contributed by atoms with Gasteiger partial charge in [0.2, 0.25) is 5.82 Å². The van der Waals surface area contributed by atoms with Gasteiger partial charge >= 0.3 is 0 Å². The van der Waals surface area contributed by atoms with Crippen LogP contribution in [0.2, 0.25) is 0 Å². The Kier molecular flexibility index (Phi) is 4.02. The minimum atomic E-state index is -0.308. The third-order valence-electron chi connectivity index (χ3n) is 4.38. The van der Waals surface area contributed by atoms with E-state index in [0.717, 1.165) is 32.5 Å². The Balaban J connectivity index is 1.44. The first kappa shape index (κ1) is 16.8. The average Bonchev–Trinajstić information content (AvgIpc) is 3.36. The predicted molar refractivity (Wildman–Crippen MR) is 108 cm³/mol. The van der Waals surface area contributed by atoms with Crippen molar-refractivity contribution in [3.05, 3.63) is 77.0 Å². The van der Waals surface area contributed by atoms with Gasteiger partial charge in [0.1, 0.15) is 11.6 Å². The number of nitrogens with one attached hydrogen (secondary N) is 1. The Morgan fingerprint density at radius 3 is 2.32 bits per heavy atom. The highest BCUT2D eigenvalue weighted by Crippen LogP contribution is 2.26. The summed E-state index contributed by atoms with van der Waals surface area (Å²) in [4.78, 5) is 12.3. The molecule has 0 unspecified atom stereocenters. The minimum absolute atomic E-state index is 0.308. The quantitative estimate of drug-likeness (QED) is 0.386. The second kappa shape index (κ2) is 6.69. The van der Waals surface area contributed by atoms with Gasteiger partial charge in [-0.15, -0.1) is 0 Å². The molecule has 0 atom stereocenters. The highest BCUT2D eigenvalue weighted by Gasteiger charge is 2.12. The molecule has 0 aliphatic heterocycles. The average molecular weight is 435 g/mol. The second-order valence-electron chi connectivity index (χ2n) is 6.25. The van der Waals surface area contributed by atoms with Crippen molar-refractivity contribution >= 4 is 27.0 Å². The van der Waals surface area contributed by atoms with Crippen molar-refractivity contribution in [2.75, 3.05) is 0 Å². The Labute approximate surface area is 167 Å². The molecule has 5 aromatic rings. The summed E-state index contributed by atoms with van der Waals surface area (Å²) in [5.41, 5.74) is 4.32. The summed E-state index contributed by atoms with van der Waals surface area (Å²) in [6.07, 6.45) is 0. The Bertz CT molecular complexity index is 1280. The van der Waals surface area contributed by atoms with Crippen LogP contribution in [0, 0.1) is 5.82 Å². The lowest BCUT2D eigenvalue weighted by Gasteiger charge is -1.98. The van der Waals surface area contributed by atoms with Gasteiger partial charge in [0.25, 0.3) is 5.89 Å². The summed E-state index contributed by atoms with van der Waals surface area (Å²) >= 11 is 3.46. The smallest absolute Gasteiger partial charge is 0.258 e. The molecule has 0 radical (unpaired) electrons. The fourth-order valence-corrected chi connectivity index (χ4v) is 3.29. The molecule has 3 aromatic carbocycles. The van der Waals surface area contributed by atoms with Crippen molar-refractivity contribution in [3.8, 4) is 34.2 Å². The third kappa shape index (κ3) is 3.10. The van der Waals surface area contributed by atoms with Crippen LogP contribution in [0.3, 0.4) is 0 Å². The number of benzene rings is 3. The highest BCUT2D eigenvalue weighted by atomic mass is 79.9. The maximum absolute atomic E-state index is 13.1. The number of nitrogens with zero attached hydrogens (tertiary/aromatic N) is 3. The van der Waals surface area contributed by atoms with Gasteiger partial charge in [-0.2, -0.15) is 4.98 Å². The van der Waals surface area contributed by atoms with Crippen LogP contribution in [0.4, 0.5) is 4.39 Å². The van der Waals surface area contributed by atoms with Gasteiger partial charge in [-0.25, -0.2) is 9.37 Å². The van der Waals surface area contributed by atoms with Crippen molar-refractivity contribution < 1.29 is 8.91 Å². The number of aromatic nitrogens is 4. The molecule has 7 heteroatoms. The molecule has 5 nitrogen and oxygen atoms in total. The van der Waals surface area contributed by atoms with E-state index in [0.29, 0.717) is 17.3 Å². The summed E-state index contributed by atoms with van der Waals surface area (Å²) in [5, 5.41) is 4.02. The van der Waals surface area contributed by atoms with Crippen molar-refractivity contribution in [1.29, 1.82) is 0 Å². The molecule has 0 saturated heterocycles. The van der Waals surface area contributed by atoms with Gasteiger partial charge in [-0.05, 0) is 42.5 Å². The van der Waals surface area contributed by atoms with Crippen LogP contribution in [0.5, 0.6) is 0 Å². The van der Waals surface area contributed by atoms with Crippen LogP contribution in [-0.2, 0) is 0 Å². The topological polar surface area (TPSA) is 67.6 Å². The molecule has 0 bridgehead atoms. The SMILES string of the molecule is Fc1ccc(-c2nc(-c3ccc(-c4nc5cc(Br)ccc5[nH]4)cc3)no2)cc1. The van der Waals surface area contributed by atoms with Crippen LogP contribution in [0.15, 0.2) is 75.7 Å². The fraction of sp³-hybridized carbons (Fsp3) is 0. The van der Waals surface area contributed by atoms with Crippen molar-refractivity contribution in [3.63, 3.8) is 0 Å². The van der Waals surface area contributed by atoms with Gasteiger partial charge in [-0.1, -0.05) is 45.4 Å². The molecule has 0 aliphatic rings. The number of rotatable bonds is 3. The van der Waals surface area contributed by atoms with Gasteiger partial charge in [0, 0.05) is 21.2 Å². The zero-order valence-electron chi connectivity index (χ0n) is 14.4. The first-order valence-corrected chi connectivity index (χ1v) is 9.31. The molecule has 136 valence electrons. The molecule has 0 fully saturated rings. The normalized spacial score (nSPS) is 11.2. The van der Waals surface area contributed by atoms with Crippen LogP contribution < -0.4 is 0 Å². The van der Waals surface area contributed by atoms with Gasteiger partial charge in [-0.3, -0.25) is 0 Å². The summed E-state index contributed by atoms with van der Waals surface area (Å²) in [6.45, 7) is 0. The number of hydrogen-bond acceptors (Lipinski definition) is 4. The van der Waals surface area contributed by atoms with Gasteiger partial charge < -0.3 is 9.51 Å². The lowest BCUT2D eigenvalue weighted by atomic mass is 10.1. The largest absolute Gasteiger partial charge is 0.338 e. The van der Waals surface area contributed by atoms with E-state index in [1.165, 1.54) is 12.1 Å². The molecule has 0 spiro atoms. The molecule has 2 aromatic heterocycles. The summed E-state index contributed by atoms with van der Waals surface area (Å²) < 4.78 is 19.4. The molecule has 28 heavy (non-hydrogen) atoms. The molecular weight excluding hydrogens is 423 g/mol.